The van der Waals surface area contributed by atoms with Gasteiger partial charge in [0.25, 0.3) is 0 Å². The van der Waals surface area contributed by atoms with Gasteiger partial charge in [0.1, 0.15) is 0 Å². The molecule has 0 aliphatic carbocycles. The van der Waals surface area contributed by atoms with E-state index < -0.39 is 37.6 Å². The normalized spacial score (nSPS) is 14.4. The van der Waals surface area contributed by atoms with Gasteiger partial charge < -0.3 is 0 Å². The molecule has 0 radical (unpaired) electrons. The predicted molar refractivity (Wildman–Crippen MR) is 76.3 cm³/mol. The van der Waals surface area contributed by atoms with Gasteiger partial charge in [0.2, 0.25) is 0 Å². The highest BCUT2D eigenvalue weighted by Gasteiger charge is 2.30. The van der Waals surface area contributed by atoms with Crippen molar-refractivity contribution in [1.29, 1.82) is 0 Å². The third-order valence-corrected chi connectivity index (χ3v) is 6.63. The fourth-order valence-corrected chi connectivity index (χ4v) is 3.89. The zero-order valence-electron chi connectivity index (χ0n) is 11.7. The molecule has 120 valence electrons. The van der Waals surface area contributed by atoms with Crippen LogP contribution in [0.25, 0.3) is 0 Å². The van der Waals surface area contributed by atoms with Crippen molar-refractivity contribution < 1.29 is 25.8 Å². The molecule has 1 unspecified atom stereocenters. The van der Waals surface area contributed by atoms with Crippen molar-refractivity contribution in [1.82, 2.24) is 0 Å². The van der Waals surface area contributed by atoms with Gasteiger partial charge in [0.05, 0.1) is 27.4 Å². The molecule has 3 nitrogen and oxygen atoms in total. The second-order valence-corrected chi connectivity index (χ2v) is 9.09. The molecule has 0 aromatic heterocycles. The van der Waals surface area contributed by atoms with Crippen LogP contribution in [0.4, 0.5) is 13.2 Å². The SMILES string of the molecule is CC(C)S(=O)(=O)CCCS(=O)c1cccc(C(F)(F)F)c1. The lowest BCUT2D eigenvalue weighted by atomic mass is 10.2. The Kier molecular flexibility index (Phi) is 5.98. The molecule has 8 heteroatoms. The predicted octanol–water partition coefficient (Wildman–Crippen LogP) is 3.03. The summed E-state index contributed by atoms with van der Waals surface area (Å²) in [5, 5.41) is -0.514. The second kappa shape index (κ2) is 6.91. The molecule has 0 aliphatic heterocycles. The Morgan fingerprint density at radius 2 is 1.86 bits per heavy atom. The Labute approximate surface area is 124 Å². The van der Waals surface area contributed by atoms with Crippen LogP contribution in [0.5, 0.6) is 0 Å². The van der Waals surface area contributed by atoms with Crippen molar-refractivity contribution in [3.8, 4) is 0 Å². The van der Waals surface area contributed by atoms with E-state index in [-0.39, 0.29) is 22.8 Å². The van der Waals surface area contributed by atoms with Crippen molar-refractivity contribution in [2.45, 2.75) is 36.6 Å². The summed E-state index contributed by atoms with van der Waals surface area (Å²) in [6.45, 7) is 3.11. The standard InChI is InChI=1S/C13H17F3O3S2/c1-10(2)21(18,19)8-4-7-20(17)12-6-3-5-11(9-12)13(14,15)16/h3,5-6,9-10H,4,7-8H2,1-2H3. The molecule has 0 heterocycles. The zero-order valence-corrected chi connectivity index (χ0v) is 13.3. The van der Waals surface area contributed by atoms with Crippen LogP contribution in [0.15, 0.2) is 29.2 Å². The first-order valence-corrected chi connectivity index (χ1v) is 9.34. The molecule has 0 saturated carbocycles. The molecule has 0 N–H and O–H groups in total. The lowest BCUT2D eigenvalue weighted by Gasteiger charge is -2.09. The van der Waals surface area contributed by atoms with E-state index in [1.807, 2.05) is 0 Å². The minimum atomic E-state index is -4.48. The number of benzene rings is 1. The van der Waals surface area contributed by atoms with Crippen LogP contribution in [0.2, 0.25) is 0 Å². The summed E-state index contributed by atoms with van der Waals surface area (Å²) in [5.41, 5.74) is -0.858. The molecular weight excluding hydrogens is 325 g/mol. The van der Waals surface area contributed by atoms with Crippen molar-refractivity contribution in [2.75, 3.05) is 11.5 Å². The highest BCUT2D eigenvalue weighted by Crippen LogP contribution is 2.30. The summed E-state index contributed by atoms with van der Waals surface area (Å²) < 4.78 is 72.8. The smallest absolute Gasteiger partial charge is 0.254 e. The van der Waals surface area contributed by atoms with Crippen molar-refractivity contribution in [3.05, 3.63) is 29.8 Å². The van der Waals surface area contributed by atoms with Gasteiger partial charge in [0.15, 0.2) is 9.84 Å². The second-order valence-electron chi connectivity index (χ2n) is 4.84. The summed E-state index contributed by atoms with van der Waals surface area (Å²) in [7, 11) is -4.86. The quantitative estimate of drug-likeness (QED) is 0.798. The molecule has 21 heavy (non-hydrogen) atoms. The largest absolute Gasteiger partial charge is 0.416 e. The Hall–Kier alpha value is -0.890. The molecule has 0 saturated heterocycles. The maximum Gasteiger partial charge on any atom is 0.416 e. The molecule has 1 rings (SSSR count). The number of sulfone groups is 1. The Bertz CT molecular complexity index is 607. The van der Waals surface area contributed by atoms with Crippen LogP contribution in [-0.2, 0) is 26.8 Å². The van der Waals surface area contributed by atoms with Crippen LogP contribution in [-0.4, -0.2) is 29.4 Å². The van der Waals surface area contributed by atoms with Gasteiger partial charge in [-0.05, 0) is 38.5 Å². The summed E-state index contributed by atoms with van der Waals surface area (Å²) >= 11 is 0. The van der Waals surface area contributed by atoms with E-state index >= 15 is 0 Å². The highest BCUT2D eigenvalue weighted by molar-refractivity contribution is 7.92. The van der Waals surface area contributed by atoms with Gasteiger partial charge in [-0.2, -0.15) is 13.2 Å². The topological polar surface area (TPSA) is 51.2 Å². The first kappa shape index (κ1) is 18.2. The summed E-state index contributed by atoms with van der Waals surface area (Å²) in [4.78, 5) is 0.0618. The van der Waals surface area contributed by atoms with Gasteiger partial charge in [-0.15, -0.1) is 0 Å². The van der Waals surface area contributed by atoms with Gasteiger partial charge in [-0.3, -0.25) is 4.21 Å². The molecule has 1 aromatic rings. The lowest BCUT2D eigenvalue weighted by molar-refractivity contribution is -0.137. The lowest BCUT2D eigenvalue weighted by Crippen LogP contribution is -2.19. The Balaban J connectivity index is 2.69. The Morgan fingerprint density at radius 1 is 1.24 bits per heavy atom. The van der Waals surface area contributed by atoms with Crippen molar-refractivity contribution in [2.24, 2.45) is 0 Å². The van der Waals surface area contributed by atoms with Crippen molar-refractivity contribution in [3.63, 3.8) is 0 Å². The van der Waals surface area contributed by atoms with Gasteiger partial charge in [0, 0.05) is 10.6 Å². The van der Waals surface area contributed by atoms with Gasteiger partial charge in [-0.25, -0.2) is 8.42 Å². The Morgan fingerprint density at radius 3 is 2.38 bits per heavy atom. The fourth-order valence-electron chi connectivity index (χ4n) is 1.56. The highest BCUT2D eigenvalue weighted by atomic mass is 32.2. The molecule has 0 spiro atoms. The molecule has 1 atom stereocenters. The third-order valence-electron chi connectivity index (χ3n) is 2.90. The maximum atomic E-state index is 12.6. The fraction of sp³-hybridized carbons (Fsp3) is 0.538. The average Bonchev–Trinajstić information content (AvgIpc) is 2.37. The van der Waals surface area contributed by atoms with Gasteiger partial charge >= 0.3 is 6.18 Å². The number of hydrogen-bond donors (Lipinski definition) is 0. The molecule has 1 aromatic carbocycles. The number of halogens is 3. The summed E-state index contributed by atoms with van der Waals surface area (Å²) in [6, 6.07) is 4.29. The van der Waals surface area contributed by atoms with E-state index in [0.29, 0.717) is 0 Å². The van der Waals surface area contributed by atoms with E-state index in [4.69, 9.17) is 0 Å². The van der Waals surface area contributed by atoms with Crippen LogP contribution in [0.3, 0.4) is 0 Å². The van der Waals surface area contributed by atoms with E-state index in [1.165, 1.54) is 12.1 Å². The first-order valence-electron chi connectivity index (χ1n) is 6.31. The summed E-state index contributed by atoms with van der Waals surface area (Å²) in [5.74, 6) is -0.0946. The molecule has 0 amide bonds. The minimum absolute atomic E-state index is 0.0211. The van der Waals surface area contributed by atoms with Gasteiger partial charge in [-0.1, -0.05) is 6.07 Å². The number of rotatable bonds is 6. The van der Waals surface area contributed by atoms with E-state index in [1.54, 1.807) is 13.8 Å². The molecular formula is C13H17F3O3S2. The summed E-state index contributed by atoms with van der Waals surface area (Å²) in [6.07, 6.45) is -4.33. The zero-order chi connectivity index (χ0) is 16.3. The number of hydrogen-bond acceptors (Lipinski definition) is 3. The first-order chi connectivity index (χ1) is 9.54. The molecule has 0 fully saturated rings. The monoisotopic (exact) mass is 342 g/mol. The van der Waals surface area contributed by atoms with E-state index in [2.05, 4.69) is 0 Å². The van der Waals surface area contributed by atoms with E-state index in [0.717, 1.165) is 12.1 Å². The van der Waals surface area contributed by atoms with Crippen LogP contribution < -0.4 is 0 Å². The van der Waals surface area contributed by atoms with Crippen LogP contribution in [0, 0.1) is 0 Å². The molecule has 0 aliphatic rings. The van der Waals surface area contributed by atoms with Crippen molar-refractivity contribution >= 4 is 20.6 Å². The minimum Gasteiger partial charge on any atom is -0.254 e. The number of alkyl halides is 3. The molecule has 0 bridgehead atoms. The van der Waals surface area contributed by atoms with Crippen LogP contribution >= 0.6 is 0 Å². The van der Waals surface area contributed by atoms with E-state index in [9.17, 15) is 25.8 Å². The third kappa shape index (κ3) is 5.43. The van der Waals surface area contributed by atoms with Crippen LogP contribution in [0.1, 0.15) is 25.8 Å². The average molecular weight is 342 g/mol. The maximum absolute atomic E-state index is 12.6.